The standard InChI is InChI=1S/C17H12BrNO/c18-15-10-9-12-5-1-3-7-14(12)17(15)19-11-13-6-2-4-8-16(13)20/h1-11,20H. The number of fused-ring (bicyclic) bond motifs is 1. The third-order valence-corrected chi connectivity index (χ3v) is 3.76. The molecule has 0 aliphatic rings. The van der Waals surface area contributed by atoms with Crippen molar-refractivity contribution in [1.82, 2.24) is 0 Å². The molecule has 0 atom stereocenters. The average Bonchev–Trinajstić information content (AvgIpc) is 2.48. The number of rotatable bonds is 2. The Balaban J connectivity index is 2.11. The van der Waals surface area contributed by atoms with Crippen molar-refractivity contribution >= 4 is 38.6 Å². The summed E-state index contributed by atoms with van der Waals surface area (Å²) in [5.41, 5.74) is 1.57. The van der Waals surface area contributed by atoms with Crippen molar-refractivity contribution in [3.63, 3.8) is 0 Å². The smallest absolute Gasteiger partial charge is 0.124 e. The molecule has 0 saturated carbocycles. The number of phenols is 1. The van der Waals surface area contributed by atoms with E-state index in [2.05, 4.69) is 33.1 Å². The minimum absolute atomic E-state index is 0.229. The monoisotopic (exact) mass is 325 g/mol. The zero-order valence-corrected chi connectivity index (χ0v) is 12.2. The minimum atomic E-state index is 0.229. The second-order valence-corrected chi connectivity index (χ2v) is 5.29. The van der Waals surface area contributed by atoms with Gasteiger partial charge in [-0.15, -0.1) is 0 Å². The van der Waals surface area contributed by atoms with E-state index in [1.807, 2.05) is 36.4 Å². The second-order valence-electron chi connectivity index (χ2n) is 4.43. The van der Waals surface area contributed by atoms with Gasteiger partial charge >= 0.3 is 0 Å². The fourth-order valence-corrected chi connectivity index (χ4v) is 2.54. The molecule has 0 saturated heterocycles. The van der Waals surface area contributed by atoms with Gasteiger partial charge in [-0.1, -0.05) is 42.5 Å². The quantitative estimate of drug-likeness (QED) is 0.656. The van der Waals surface area contributed by atoms with Gasteiger partial charge in [-0.05, 0) is 39.5 Å². The molecule has 3 aromatic rings. The lowest BCUT2D eigenvalue weighted by Gasteiger charge is -2.04. The Morgan fingerprint density at radius 3 is 2.50 bits per heavy atom. The Hall–Kier alpha value is -2.13. The highest BCUT2D eigenvalue weighted by atomic mass is 79.9. The van der Waals surface area contributed by atoms with Crippen LogP contribution in [-0.2, 0) is 0 Å². The molecule has 0 spiro atoms. The van der Waals surface area contributed by atoms with Crippen molar-refractivity contribution in [2.45, 2.75) is 0 Å². The van der Waals surface area contributed by atoms with Crippen molar-refractivity contribution in [1.29, 1.82) is 0 Å². The van der Waals surface area contributed by atoms with Crippen LogP contribution in [0.4, 0.5) is 5.69 Å². The Bertz CT molecular complexity index is 796. The van der Waals surface area contributed by atoms with Gasteiger partial charge in [-0.25, -0.2) is 0 Å². The van der Waals surface area contributed by atoms with Crippen LogP contribution in [-0.4, -0.2) is 11.3 Å². The van der Waals surface area contributed by atoms with Gasteiger partial charge in [0.25, 0.3) is 0 Å². The summed E-state index contributed by atoms with van der Waals surface area (Å²) in [6, 6.07) is 19.3. The molecule has 1 N–H and O–H groups in total. The van der Waals surface area contributed by atoms with E-state index in [0.717, 1.165) is 20.9 Å². The number of nitrogens with zero attached hydrogens (tertiary/aromatic N) is 1. The molecular formula is C17H12BrNO. The Kier molecular flexibility index (Phi) is 3.52. The van der Waals surface area contributed by atoms with Crippen LogP contribution in [0.25, 0.3) is 10.8 Å². The van der Waals surface area contributed by atoms with Crippen LogP contribution in [0.3, 0.4) is 0 Å². The minimum Gasteiger partial charge on any atom is -0.507 e. The number of halogens is 1. The highest BCUT2D eigenvalue weighted by Crippen LogP contribution is 2.34. The van der Waals surface area contributed by atoms with Gasteiger partial charge in [0.05, 0.1) is 5.69 Å². The van der Waals surface area contributed by atoms with Crippen LogP contribution in [0.1, 0.15) is 5.56 Å². The summed E-state index contributed by atoms with van der Waals surface area (Å²) in [4.78, 5) is 4.53. The van der Waals surface area contributed by atoms with Crippen molar-refractivity contribution in [2.24, 2.45) is 4.99 Å². The van der Waals surface area contributed by atoms with Crippen LogP contribution < -0.4 is 0 Å². The molecule has 20 heavy (non-hydrogen) atoms. The summed E-state index contributed by atoms with van der Waals surface area (Å²) in [5, 5.41) is 12.0. The highest BCUT2D eigenvalue weighted by Gasteiger charge is 2.04. The Morgan fingerprint density at radius 2 is 1.65 bits per heavy atom. The number of hydrogen-bond donors (Lipinski definition) is 1. The summed E-state index contributed by atoms with van der Waals surface area (Å²) < 4.78 is 0.933. The molecule has 0 amide bonds. The first-order valence-electron chi connectivity index (χ1n) is 6.25. The molecule has 0 heterocycles. The van der Waals surface area contributed by atoms with Crippen molar-refractivity contribution in [3.8, 4) is 5.75 Å². The molecule has 3 aromatic carbocycles. The topological polar surface area (TPSA) is 32.6 Å². The van der Waals surface area contributed by atoms with Crippen LogP contribution in [0.2, 0.25) is 0 Å². The normalized spacial score (nSPS) is 11.2. The molecule has 0 aromatic heterocycles. The highest BCUT2D eigenvalue weighted by molar-refractivity contribution is 9.10. The molecule has 0 aliphatic carbocycles. The molecule has 3 heteroatoms. The largest absolute Gasteiger partial charge is 0.507 e. The van der Waals surface area contributed by atoms with E-state index in [9.17, 15) is 5.11 Å². The predicted molar refractivity (Wildman–Crippen MR) is 87.0 cm³/mol. The van der Waals surface area contributed by atoms with Gasteiger partial charge in [0.2, 0.25) is 0 Å². The number of hydrogen-bond acceptors (Lipinski definition) is 2. The van der Waals surface area contributed by atoms with E-state index < -0.39 is 0 Å². The van der Waals surface area contributed by atoms with Gasteiger partial charge in [0.1, 0.15) is 5.75 Å². The Labute approximate surface area is 125 Å². The molecule has 0 fully saturated rings. The number of aliphatic imine (C=N–C) groups is 1. The van der Waals surface area contributed by atoms with E-state index in [4.69, 9.17) is 0 Å². The second kappa shape index (κ2) is 5.47. The SMILES string of the molecule is Oc1ccccc1C=Nc1c(Br)ccc2ccccc12. The van der Waals surface area contributed by atoms with Gasteiger partial charge in [0.15, 0.2) is 0 Å². The lowest BCUT2D eigenvalue weighted by molar-refractivity contribution is 0.474. The third kappa shape index (κ3) is 2.45. The predicted octanol–water partition coefficient (Wildman–Crippen LogP) is 5.06. The fraction of sp³-hybridized carbons (Fsp3) is 0. The first-order valence-corrected chi connectivity index (χ1v) is 7.04. The van der Waals surface area contributed by atoms with E-state index in [0.29, 0.717) is 5.56 Å². The summed E-state index contributed by atoms with van der Waals surface area (Å²) in [7, 11) is 0. The first kappa shape index (κ1) is 12.9. The molecule has 0 unspecified atom stereocenters. The fourth-order valence-electron chi connectivity index (χ4n) is 2.09. The van der Waals surface area contributed by atoms with Gasteiger partial charge in [-0.3, -0.25) is 4.99 Å². The average molecular weight is 326 g/mol. The van der Waals surface area contributed by atoms with E-state index >= 15 is 0 Å². The lowest BCUT2D eigenvalue weighted by Crippen LogP contribution is -1.82. The molecule has 98 valence electrons. The number of para-hydroxylation sites is 1. The van der Waals surface area contributed by atoms with Crippen LogP contribution in [0.15, 0.2) is 70.1 Å². The van der Waals surface area contributed by atoms with E-state index in [1.165, 1.54) is 0 Å². The zero-order valence-electron chi connectivity index (χ0n) is 10.6. The number of benzene rings is 3. The maximum absolute atomic E-state index is 9.77. The van der Waals surface area contributed by atoms with Crippen molar-refractivity contribution in [3.05, 3.63) is 70.7 Å². The molecule has 0 radical (unpaired) electrons. The summed E-state index contributed by atoms with van der Waals surface area (Å²) >= 11 is 3.53. The van der Waals surface area contributed by atoms with Crippen LogP contribution >= 0.6 is 15.9 Å². The zero-order chi connectivity index (χ0) is 13.9. The summed E-state index contributed by atoms with van der Waals surface area (Å²) in [5.74, 6) is 0.229. The van der Waals surface area contributed by atoms with Gasteiger partial charge in [0, 0.05) is 21.6 Å². The van der Waals surface area contributed by atoms with Crippen molar-refractivity contribution in [2.75, 3.05) is 0 Å². The van der Waals surface area contributed by atoms with Crippen LogP contribution in [0, 0.1) is 0 Å². The van der Waals surface area contributed by atoms with E-state index in [1.54, 1.807) is 18.3 Å². The van der Waals surface area contributed by atoms with Crippen molar-refractivity contribution < 1.29 is 5.11 Å². The molecule has 0 aliphatic heterocycles. The summed E-state index contributed by atoms with van der Waals surface area (Å²) in [6.45, 7) is 0. The van der Waals surface area contributed by atoms with Crippen LogP contribution in [0.5, 0.6) is 5.75 Å². The molecular weight excluding hydrogens is 314 g/mol. The van der Waals surface area contributed by atoms with Gasteiger partial charge < -0.3 is 5.11 Å². The third-order valence-electron chi connectivity index (χ3n) is 3.12. The lowest BCUT2D eigenvalue weighted by atomic mass is 10.1. The summed E-state index contributed by atoms with van der Waals surface area (Å²) in [6.07, 6.45) is 1.68. The maximum Gasteiger partial charge on any atom is 0.124 e. The molecule has 3 rings (SSSR count). The maximum atomic E-state index is 9.77. The number of aromatic hydroxyl groups is 1. The number of phenolic OH excluding ortho intramolecular Hbond substituents is 1. The Morgan fingerprint density at radius 1 is 0.900 bits per heavy atom. The van der Waals surface area contributed by atoms with E-state index in [-0.39, 0.29) is 5.75 Å². The molecule has 2 nitrogen and oxygen atoms in total. The first-order chi connectivity index (χ1) is 9.75. The van der Waals surface area contributed by atoms with Gasteiger partial charge in [-0.2, -0.15) is 0 Å². The molecule has 0 bridgehead atoms.